The Kier molecular flexibility index (Phi) is 4.10. The van der Waals surface area contributed by atoms with Crippen molar-refractivity contribution in [2.45, 2.75) is 13.8 Å². The van der Waals surface area contributed by atoms with Gasteiger partial charge in [-0.15, -0.1) is 0 Å². The molecule has 4 nitrogen and oxygen atoms in total. The lowest BCUT2D eigenvalue weighted by Crippen LogP contribution is -2.33. The zero-order valence-electron chi connectivity index (χ0n) is 6.53. The highest BCUT2D eigenvalue weighted by Crippen LogP contribution is 2.06. The molecule has 0 aromatic carbocycles. The highest BCUT2D eigenvalue weighted by atomic mass is 16.2. The van der Waals surface area contributed by atoms with Gasteiger partial charge in [0.1, 0.15) is 6.29 Å². The quantitative estimate of drug-likeness (QED) is 0.451. The van der Waals surface area contributed by atoms with E-state index < -0.39 is 11.8 Å². The Bertz CT molecular complexity index is 165. The Morgan fingerprint density at radius 3 is 2.18 bits per heavy atom. The van der Waals surface area contributed by atoms with Gasteiger partial charge in [0.2, 0.25) is 12.3 Å². The van der Waals surface area contributed by atoms with E-state index in [1.807, 2.05) is 5.32 Å². The van der Waals surface area contributed by atoms with Gasteiger partial charge in [-0.3, -0.25) is 14.9 Å². The molecule has 0 bridgehead atoms. The Hall–Kier alpha value is -1.19. The molecular formula is C7H11NO3. The van der Waals surface area contributed by atoms with Crippen molar-refractivity contribution in [3.63, 3.8) is 0 Å². The van der Waals surface area contributed by atoms with Crippen molar-refractivity contribution in [3.8, 4) is 0 Å². The summed E-state index contributed by atoms with van der Waals surface area (Å²) in [6, 6.07) is 0. The molecule has 0 spiro atoms. The van der Waals surface area contributed by atoms with Crippen LogP contribution in [-0.4, -0.2) is 18.6 Å². The summed E-state index contributed by atoms with van der Waals surface area (Å²) in [6.07, 6.45) is 0.824. The van der Waals surface area contributed by atoms with Crippen LogP contribution in [0.15, 0.2) is 0 Å². The first-order valence-corrected chi connectivity index (χ1v) is 3.32. The van der Waals surface area contributed by atoms with Crippen molar-refractivity contribution >= 4 is 18.6 Å². The first-order chi connectivity index (χ1) is 5.13. The van der Waals surface area contributed by atoms with Gasteiger partial charge in [-0.05, 0) is 5.92 Å². The lowest BCUT2D eigenvalue weighted by Gasteiger charge is -2.10. The van der Waals surface area contributed by atoms with Crippen LogP contribution in [-0.2, 0) is 14.4 Å². The monoisotopic (exact) mass is 157 g/mol. The van der Waals surface area contributed by atoms with Gasteiger partial charge in [0.15, 0.2) is 0 Å². The largest absolute Gasteiger partial charge is 0.303 e. The predicted molar refractivity (Wildman–Crippen MR) is 38.6 cm³/mol. The highest BCUT2D eigenvalue weighted by Gasteiger charge is 2.20. The number of nitrogens with one attached hydrogen (secondary N) is 1. The maximum Gasteiger partial charge on any atom is 0.236 e. The van der Waals surface area contributed by atoms with E-state index in [4.69, 9.17) is 0 Å². The van der Waals surface area contributed by atoms with Crippen LogP contribution in [0.2, 0.25) is 0 Å². The SMILES string of the molecule is CC(C)[C@H](C=O)C(=O)NC=O. The summed E-state index contributed by atoms with van der Waals surface area (Å²) < 4.78 is 0. The van der Waals surface area contributed by atoms with Gasteiger partial charge in [-0.1, -0.05) is 13.8 Å². The average molecular weight is 157 g/mol. The number of carbonyl (C=O) groups is 3. The molecule has 0 aliphatic rings. The number of hydrogen-bond donors (Lipinski definition) is 1. The summed E-state index contributed by atoms with van der Waals surface area (Å²) in [7, 11) is 0. The molecule has 0 unspecified atom stereocenters. The normalized spacial score (nSPS) is 12.3. The minimum atomic E-state index is -0.722. The van der Waals surface area contributed by atoms with Gasteiger partial charge < -0.3 is 4.79 Å². The van der Waals surface area contributed by atoms with E-state index in [2.05, 4.69) is 0 Å². The van der Waals surface area contributed by atoms with Gasteiger partial charge in [-0.2, -0.15) is 0 Å². The van der Waals surface area contributed by atoms with E-state index >= 15 is 0 Å². The molecule has 0 rings (SSSR count). The van der Waals surface area contributed by atoms with Crippen molar-refractivity contribution in [3.05, 3.63) is 0 Å². The third-order valence-corrected chi connectivity index (χ3v) is 1.37. The van der Waals surface area contributed by atoms with E-state index in [1.54, 1.807) is 13.8 Å². The topological polar surface area (TPSA) is 63.2 Å². The molecule has 11 heavy (non-hydrogen) atoms. The molecule has 0 heterocycles. The zero-order chi connectivity index (χ0) is 8.85. The smallest absolute Gasteiger partial charge is 0.236 e. The Morgan fingerprint density at radius 1 is 1.36 bits per heavy atom. The van der Waals surface area contributed by atoms with Crippen molar-refractivity contribution in [2.24, 2.45) is 11.8 Å². The first-order valence-electron chi connectivity index (χ1n) is 3.32. The van der Waals surface area contributed by atoms with E-state index in [0.717, 1.165) is 0 Å². The zero-order valence-corrected chi connectivity index (χ0v) is 6.53. The molecule has 0 aliphatic heterocycles. The van der Waals surface area contributed by atoms with Crippen LogP contribution in [0.3, 0.4) is 0 Å². The van der Waals surface area contributed by atoms with E-state index in [9.17, 15) is 14.4 Å². The van der Waals surface area contributed by atoms with Gasteiger partial charge in [-0.25, -0.2) is 0 Å². The Balaban J connectivity index is 4.13. The number of carbonyl (C=O) groups excluding carboxylic acids is 3. The minimum Gasteiger partial charge on any atom is -0.303 e. The van der Waals surface area contributed by atoms with Crippen LogP contribution in [0.4, 0.5) is 0 Å². The second kappa shape index (κ2) is 4.60. The lowest BCUT2D eigenvalue weighted by atomic mass is 9.97. The second-order valence-electron chi connectivity index (χ2n) is 2.53. The van der Waals surface area contributed by atoms with Crippen LogP contribution >= 0.6 is 0 Å². The molecule has 0 aromatic rings. The summed E-state index contributed by atoms with van der Waals surface area (Å²) in [5, 5.41) is 1.93. The number of aldehydes is 1. The molecule has 1 N–H and O–H groups in total. The number of imide groups is 1. The van der Waals surface area contributed by atoms with Crippen LogP contribution in [0.25, 0.3) is 0 Å². The Labute approximate surface area is 65.0 Å². The lowest BCUT2D eigenvalue weighted by molar-refractivity contribution is -0.132. The van der Waals surface area contributed by atoms with Gasteiger partial charge in [0.25, 0.3) is 0 Å². The molecular weight excluding hydrogens is 146 g/mol. The molecule has 4 heteroatoms. The third-order valence-electron chi connectivity index (χ3n) is 1.37. The average Bonchev–Trinajstić information content (AvgIpc) is 1.88. The highest BCUT2D eigenvalue weighted by molar-refractivity contribution is 5.96. The van der Waals surface area contributed by atoms with E-state index in [1.165, 1.54) is 0 Å². The molecule has 0 radical (unpaired) electrons. The van der Waals surface area contributed by atoms with Crippen molar-refractivity contribution < 1.29 is 14.4 Å². The first kappa shape index (κ1) is 9.81. The van der Waals surface area contributed by atoms with Crippen molar-refractivity contribution in [2.75, 3.05) is 0 Å². The molecule has 1 atom stereocenters. The van der Waals surface area contributed by atoms with Gasteiger partial charge >= 0.3 is 0 Å². The Morgan fingerprint density at radius 2 is 1.91 bits per heavy atom. The van der Waals surface area contributed by atoms with Crippen molar-refractivity contribution in [1.29, 1.82) is 0 Å². The fourth-order valence-electron chi connectivity index (χ4n) is 0.676. The fraction of sp³-hybridized carbons (Fsp3) is 0.571. The fourth-order valence-corrected chi connectivity index (χ4v) is 0.676. The molecule has 0 aromatic heterocycles. The number of amides is 2. The molecule has 0 saturated heterocycles. The predicted octanol–water partition coefficient (Wildman–Crippen LogP) is -0.270. The maximum atomic E-state index is 10.8. The summed E-state index contributed by atoms with van der Waals surface area (Å²) in [5.41, 5.74) is 0. The second-order valence-corrected chi connectivity index (χ2v) is 2.53. The van der Waals surface area contributed by atoms with Gasteiger partial charge in [0.05, 0.1) is 5.92 Å². The summed E-state index contributed by atoms with van der Waals surface area (Å²) in [6.45, 7) is 3.48. The minimum absolute atomic E-state index is 0.0764. The van der Waals surface area contributed by atoms with Gasteiger partial charge in [0, 0.05) is 0 Å². The summed E-state index contributed by atoms with van der Waals surface area (Å²) in [4.78, 5) is 30.9. The van der Waals surface area contributed by atoms with Crippen LogP contribution in [0.1, 0.15) is 13.8 Å². The molecule has 62 valence electrons. The number of rotatable bonds is 4. The standard InChI is InChI=1S/C7H11NO3/c1-5(2)6(3-9)7(11)8-4-10/h3-6H,1-2H3,(H,8,10,11)/t6-/m0/s1. The third kappa shape index (κ3) is 2.93. The number of hydrogen-bond acceptors (Lipinski definition) is 3. The molecule has 0 saturated carbocycles. The van der Waals surface area contributed by atoms with E-state index in [0.29, 0.717) is 6.29 Å². The molecule has 0 aliphatic carbocycles. The van der Waals surface area contributed by atoms with E-state index in [-0.39, 0.29) is 12.3 Å². The van der Waals surface area contributed by atoms with Crippen LogP contribution in [0, 0.1) is 11.8 Å². The van der Waals surface area contributed by atoms with Crippen LogP contribution in [0.5, 0.6) is 0 Å². The molecule has 2 amide bonds. The van der Waals surface area contributed by atoms with Crippen molar-refractivity contribution in [1.82, 2.24) is 5.32 Å². The molecule has 0 fully saturated rings. The maximum absolute atomic E-state index is 10.8. The van der Waals surface area contributed by atoms with Crippen LogP contribution < -0.4 is 5.32 Å². The summed E-state index contributed by atoms with van der Waals surface area (Å²) >= 11 is 0. The summed E-state index contributed by atoms with van der Waals surface area (Å²) in [5.74, 6) is -1.34.